The topological polar surface area (TPSA) is 29.3 Å². The van der Waals surface area contributed by atoms with E-state index in [1.54, 1.807) is 0 Å². The number of nitrogens with two attached hydrogens (primary N) is 1. The van der Waals surface area contributed by atoms with Crippen LogP contribution in [0.2, 0.25) is 5.02 Å². The van der Waals surface area contributed by atoms with Crippen molar-refractivity contribution in [2.24, 2.45) is 5.73 Å². The van der Waals surface area contributed by atoms with Gasteiger partial charge < -0.3 is 10.6 Å². The van der Waals surface area contributed by atoms with Gasteiger partial charge in [-0.05, 0) is 36.6 Å². The van der Waals surface area contributed by atoms with Gasteiger partial charge in [-0.25, -0.2) is 0 Å². The summed E-state index contributed by atoms with van der Waals surface area (Å²) in [4.78, 5) is 2.22. The zero-order valence-corrected chi connectivity index (χ0v) is 12.8. The monoisotopic (exact) mass is 288 g/mol. The van der Waals surface area contributed by atoms with E-state index in [9.17, 15) is 0 Å². The molecule has 2 nitrogen and oxygen atoms in total. The first kappa shape index (κ1) is 14.9. The molecule has 0 aliphatic rings. The van der Waals surface area contributed by atoms with E-state index in [2.05, 4.69) is 42.3 Å². The van der Waals surface area contributed by atoms with Gasteiger partial charge in [0, 0.05) is 30.3 Å². The molecule has 1 atom stereocenters. The number of halogens is 1. The highest BCUT2D eigenvalue weighted by Crippen LogP contribution is 2.24. The minimum atomic E-state index is 0.157. The van der Waals surface area contributed by atoms with Crippen molar-refractivity contribution in [1.29, 1.82) is 0 Å². The average Bonchev–Trinajstić information content (AvgIpc) is 2.41. The molecule has 2 aromatic carbocycles. The van der Waals surface area contributed by atoms with Crippen molar-refractivity contribution < 1.29 is 0 Å². The molecule has 0 aromatic heterocycles. The van der Waals surface area contributed by atoms with E-state index >= 15 is 0 Å². The van der Waals surface area contributed by atoms with E-state index in [1.165, 1.54) is 11.3 Å². The summed E-state index contributed by atoms with van der Waals surface area (Å²) in [6.07, 6.45) is 0.878. The Hall–Kier alpha value is -1.51. The zero-order chi connectivity index (χ0) is 14.5. The normalized spacial score (nSPS) is 12.2. The molecule has 0 saturated carbocycles. The van der Waals surface area contributed by atoms with Gasteiger partial charge in [0.15, 0.2) is 0 Å². The third kappa shape index (κ3) is 3.75. The first-order valence-electron chi connectivity index (χ1n) is 6.86. The predicted molar refractivity (Wildman–Crippen MR) is 87.4 cm³/mol. The molecule has 0 radical (unpaired) electrons. The van der Waals surface area contributed by atoms with E-state index < -0.39 is 0 Å². The van der Waals surface area contributed by atoms with Crippen molar-refractivity contribution in [3.63, 3.8) is 0 Å². The molecular weight excluding hydrogens is 268 g/mol. The van der Waals surface area contributed by atoms with Crippen LogP contribution in [0.4, 0.5) is 5.69 Å². The van der Waals surface area contributed by atoms with Gasteiger partial charge in [0.25, 0.3) is 0 Å². The molecule has 0 fully saturated rings. The van der Waals surface area contributed by atoms with Crippen LogP contribution in [0.1, 0.15) is 18.1 Å². The standard InChI is InChI=1S/C17H21ClN2/c1-13(19)11-14-7-4-6-10-17(14)20(2)12-15-8-3-5-9-16(15)18/h3-10,13H,11-12,19H2,1-2H3. The van der Waals surface area contributed by atoms with E-state index in [4.69, 9.17) is 17.3 Å². The summed E-state index contributed by atoms with van der Waals surface area (Å²) in [5.41, 5.74) is 9.55. The van der Waals surface area contributed by atoms with Crippen molar-refractivity contribution in [2.45, 2.75) is 25.9 Å². The maximum Gasteiger partial charge on any atom is 0.0455 e. The Morgan fingerprint density at radius 3 is 2.30 bits per heavy atom. The van der Waals surface area contributed by atoms with Crippen molar-refractivity contribution >= 4 is 17.3 Å². The van der Waals surface area contributed by atoms with Crippen molar-refractivity contribution in [1.82, 2.24) is 0 Å². The van der Waals surface area contributed by atoms with Crippen molar-refractivity contribution in [3.05, 3.63) is 64.7 Å². The molecule has 2 N–H and O–H groups in total. The minimum absolute atomic E-state index is 0.157. The minimum Gasteiger partial charge on any atom is -0.370 e. The fourth-order valence-electron chi connectivity index (χ4n) is 2.37. The molecule has 0 aliphatic heterocycles. The Bertz CT molecular complexity index is 566. The van der Waals surface area contributed by atoms with E-state index in [0.29, 0.717) is 0 Å². The van der Waals surface area contributed by atoms with Crippen LogP contribution in [-0.4, -0.2) is 13.1 Å². The predicted octanol–water partition coefficient (Wildman–Crippen LogP) is 3.87. The first-order valence-corrected chi connectivity index (χ1v) is 7.23. The highest BCUT2D eigenvalue weighted by Gasteiger charge is 2.10. The zero-order valence-electron chi connectivity index (χ0n) is 12.0. The third-order valence-corrected chi connectivity index (χ3v) is 3.68. The summed E-state index contributed by atoms with van der Waals surface area (Å²) in [6.45, 7) is 2.82. The van der Waals surface area contributed by atoms with Gasteiger partial charge in [-0.2, -0.15) is 0 Å². The van der Waals surface area contributed by atoms with Crippen LogP contribution >= 0.6 is 11.6 Å². The quantitative estimate of drug-likeness (QED) is 0.905. The third-order valence-electron chi connectivity index (χ3n) is 3.31. The van der Waals surface area contributed by atoms with Crippen LogP contribution < -0.4 is 10.6 Å². The summed E-state index contributed by atoms with van der Waals surface area (Å²) in [6, 6.07) is 16.5. The van der Waals surface area contributed by atoms with Gasteiger partial charge in [-0.1, -0.05) is 48.0 Å². The molecule has 106 valence electrons. The summed E-state index contributed by atoms with van der Waals surface area (Å²) < 4.78 is 0. The van der Waals surface area contributed by atoms with Crippen molar-refractivity contribution in [3.8, 4) is 0 Å². The highest BCUT2D eigenvalue weighted by atomic mass is 35.5. The Balaban J connectivity index is 2.21. The van der Waals surface area contributed by atoms with E-state index in [1.807, 2.05) is 25.1 Å². The molecule has 0 bridgehead atoms. The summed E-state index contributed by atoms with van der Waals surface area (Å²) in [5.74, 6) is 0. The van der Waals surface area contributed by atoms with Crippen LogP contribution in [0.25, 0.3) is 0 Å². The van der Waals surface area contributed by atoms with Crippen LogP contribution in [-0.2, 0) is 13.0 Å². The van der Waals surface area contributed by atoms with E-state index in [-0.39, 0.29) is 6.04 Å². The van der Waals surface area contributed by atoms with E-state index in [0.717, 1.165) is 23.6 Å². The maximum atomic E-state index is 6.23. The molecule has 0 saturated heterocycles. The van der Waals surface area contributed by atoms with Crippen LogP contribution in [0.3, 0.4) is 0 Å². The van der Waals surface area contributed by atoms with Crippen molar-refractivity contribution in [2.75, 3.05) is 11.9 Å². The molecule has 0 amide bonds. The Morgan fingerprint density at radius 2 is 1.65 bits per heavy atom. The lowest BCUT2D eigenvalue weighted by atomic mass is 10.0. The summed E-state index contributed by atoms with van der Waals surface area (Å²) >= 11 is 6.23. The number of rotatable bonds is 5. The van der Waals surface area contributed by atoms with Crippen LogP contribution in [0.15, 0.2) is 48.5 Å². The lowest BCUT2D eigenvalue weighted by molar-refractivity contribution is 0.734. The largest absolute Gasteiger partial charge is 0.370 e. The van der Waals surface area contributed by atoms with Crippen LogP contribution in [0, 0.1) is 0 Å². The highest BCUT2D eigenvalue weighted by molar-refractivity contribution is 6.31. The van der Waals surface area contributed by atoms with Gasteiger partial charge in [-0.3, -0.25) is 0 Å². The molecular formula is C17H21ClN2. The van der Waals surface area contributed by atoms with Gasteiger partial charge in [-0.15, -0.1) is 0 Å². The second-order valence-corrected chi connectivity index (χ2v) is 5.66. The molecule has 2 rings (SSSR count). The summed E-state index contributed by atoms with van der Waals surface area (Å²) in [7, 11) is 2.09. The van der Waals surface area contributed by atoms with Gasteiger partial charge in [0.1, 0.15) is 0 Å². The number of hydrogen-bond donors (Lipinski definition) is 1. The fourth-order valence-corrected chi connectivity index (χ4v) is 2.57. The Morgan fingerprint density at radius 1 is 1.05 bits per heavy atom. The van der Waals surface area contributed by atoms with Gasteiger partial charge >= 0.3 is 0 Å². The average molecular weight is 289 g/mol. The Labute approximate surface area is 126 Å². The molecule has 1 unspecified atom stereocenters. The number of anilines is 1. The lowest BCUT2D eigenvalue weighted by Crippen LogP contribution is -2.22. The molecule has 3 heteroatoms. The smallest absolute Gasteiger partial charge is 0.0455 e. The molecule has 0 spiro atoms. The molecule has 20 heavy (non-hydrogen) atoms. The fraction of sp³-hybridized carbons (Fsp3) is 0.294. The van der Waals surface area contributed by atoms with Crippen LogP contribution in [0.5, 0.6) is 0 Å². The number of nitrogens with zero attached hydrogens (tertiary/aromatic N) is 1. The van der Waals surface area contributed by atoms with Gasteiger partial charge in [0.2, 0.25) is 0 Å². The molecule has 0 heterocycles. The summed E-state index contributed by atoms with van der Waals surface area (Å²) in [5, 5.41) is 0.809. The maximum absolute atomic E-state index is 6.23. The SMILES string of the molecule is CC(N)Cc1ccccc1N(C)Cc1ccccc1Cl. The molecule has 2 aromatic rings. The number of hydrogen-bond acceptors (Lipinski definition) is 2. The molecule has 0 aliphatic carbocycles. The lowest BCUT2D eigenvalue weighted by Gasteiger charge is -2.23. The Kier molecular flexibility index (Phi) is 5.05. The number of benzene rings is 2. The second kappa shape index (κ2) is 6.78. The second-order valence-electron chi connectivity index (χ2n) is 5.26. The van der Waals surface area contributed by atoms with Gasteiger partial charge in [0.05, 0.1) is 0 Å². The number of para-hydroxylation sites is 1. The first-order chi connectivity index (χ1) is 9.58.